The number of hydrogen-bond donors (Lipinski definition) is 1. The van der Waals surface area contributed by atoms with Crippen LogP contribution in [-0.4, -0.2) is 11.2 Å². The van der Waals surface area contributed by atoms with Crippen molar-refractivity contribution in [3.8, 4) is 0 Å². The molecule has 3 rings (SSSR count). The smallest absolute Gasteiger partial charge is 0.123 e. The second-order valence-corrected chi connectivity index (χ2v) is 5.49. The molecule has 1 atom stereocenters. The normalized spacial score (nSPS) is 21.1. The predicted octanol–water partition coefficient (Wildman–Crippen LogP) is 3.80. The predicted molar refractivity (Wildman–Crippen MR) is 73.4 cm³/mol. The quantitative estimate of drug-likeness (QED) is 0.883. The monoisotopic (exact) mass is 274 g/mol. The van der Waals surface area contributed by atoms with Crippen LogP contribution in [0.25, 0.3) is 0 Å². The van der Waals surface area contributed by atoms with Crippen molar-refractivity contribution in [2.45, 2.75) is 30.8 Å². The summed E-state index contributed by atoms with van der Waals surface area (Å²) < 4.78 is 26.3. The lowest BCUT2D eigenvalue weighted by Crippen LogP contribution is -2.25. The molecule has 3 heteroatoms. The fraction of sp³-hybridized carbons (Fsp3) is 0.294. The van der Waals surface area contributed by atoms with Crippen molar-refractivity contribution >= 4 is 0 Å². The van der Waals surface area contributed by atoms with Gasteiger partial charge in [-0.15, -0.1) is 0 Å². The molecule has 0 amide bonds. The van der Waals surface area contributed by atoms with Crippen LogP contribution in [0.5, 0.6) is 0 Å². The summed E-state index contributed by atoms with van der Waals surface area (Å²) in [5.74, 6) is -0.553. The van der Waals surface area contributed by atoms with E-state index in [-0.39, 0.29) is 23.2 Å². The highest BCUT2D eigenvalue weighted by atomic mass is 19.1. The van der Waals surface area contributed by atoms with Crippen molar-refractivity contribution in [2.24, 2.45) is 0 Å². The van der Waals surface area contributed by atoms with Crippen LogP contribution in [0, 0.1) is 11.6 Å². The number of benzene rings is 2. The third-order valence-corrected chi connectivity index (χ3v) is 4.28. The maximum Gasteiger partial charge on any atom is 0.123 e. The summed E-state index contributed by atoms with van der Waals surface area (Å²) in [6.45, 7) is 0. The van der Waals surface area contributed by atoms with Gasteiger partial charge in [0.2, 0.25) is 0 Å². The Morgan fingerprint density at radius 2 is 1.30 bits per heavy atom. The zero-order valence-corrected chi connectivity index (χ0v) is 11.0. The zero-order chi connectivity index (χ0) is 14.2. The Morgan fingerprint density at radius 1 is 0.850 bits per heavy atom. The highest BCUT2D eigenvalue weighted by molar-refractivity contribution is 5.41. The standard InChI is InChI=1S/C17H16F2O/c18-14-5-1-12(2-6-14)17(10-9-16(20)11-17)13-3-7-15(19)8-4-13/h1-8,16,20H,9-11H2. The van der Waals surface area contributed by atoms with E-state index in [1.807, 2.05) is 0 Å². The van der Waals surface area contributed by atoms with Gasteiger partial charge in [-0.3, -0.25) is 0 Å². The van der Waals surface area contributed by atoms with Gasteiger partial charge in [0.05, 0.1) is 6.10 Å². The molecular formula is C17H16F2O. The first-order valence-electron chi connectivity index (χ1n) is 6.80. The van der Waals surface area contributed by atoms with Crippen LogP contribution in [0.4, 0.5) is 8.78 Å². The Kier molecular flexibility index (Phi) is 3.30. The van der Waals surface area contributed by atoms with E-state index in [1.165, 1.54) is 24.3 Å². The minimum absolute atomic E-state index is 0.276. The number of aliphatic hydroxyl groups is 1. The molecule has 0 aliphatic heterocycles. The fourth-order valence-electron chi connectivity index (χ4n) is 3.25. The molecule has 0 aromatic heterocycles. The molecule has 1 aliphatic rings. The van der Waals surface area contributed by atoms with E-state index < -0.39 is 0 Å². The van der Waals surface area contributed by atoms with Crippen molar-refractivity contribution in [1.82, 2.24) is 0 Å². The summed E-state index contributed by atoms with van der Waals surface area (Å²) in [6.07, 6.45) is 1.70. The molecule has 0 heterocycles. The molecule has 2 aromatic carbocycles. The third kappa shape index (κ3) is 2.22. The Bertz CT molecular complexity index is 544. The van der Waals surface area contributed by atoms with E-state index >= 15 is 0 Å². The van der Waals surface area contributed by atoms with E-state index in [2.05, 4.69) is 0 Å². The van der Waals surface area contributed by atoms with E-state index in [9.17, 15) is 13.9 Å². The number of hydrogen-bond acceptors (Lipinski definition) is 1. The Labute approximate surface area is 116 Å². The van der Waals surface area contributed by atoms with Gasteiger partial charge in [0, 0.05) is 5.41 Å². The van der Waals surface area contributed by atoms with Gasteiger partial charge in [0.1, 0.15) is 11.6 Å². The summed E-state index contributed by atoms with van der Waals surface area (Å²) in [5, 5.41) is 9.95. The molecule has 1 aliphatic carbocycles. The molecule has 0 radical (unpaired) electrons. The molecule has 2 aromatic rings. The van der Waals surface area contributed by atoms with Crippen LogP contribution in [0.15, 0.2) is 48.5 Å². The Morgan fingerprint density at radius 3 is 1.65 bits per heavy atom. The Balaban J connectivity index is 2.09. The maximum atomic E-state index is 13.1. The van der Waals surface area contributed by atoms with E-state index in [0.717, 1.165) is 17.5 Å². The van der Waals surface area contributed by atoms with Crippen molar-refractivity contribution in [1.29, 1.82) is 0 Å². The molecule has 104 valence electrons. The summed E-state index contributed by atoms with van der Waals surface area (Å²) in [6, 6.07) is 12.8. The first-order chi connectivity index (χ1) is 9.60. The molecule has 0 bridgehead atoms. The van der Waals surface area contributed by atoms with Crippen molar-refractivity contribution in [3.63, 3.8) is 0 Å². The lowest BCUT2D eigenvalue weighted by atomic mass is 9.73. The molecule has 1 saturated carbocycles. The summed E-state index contributed by atoms with van der Waals surface area (Å²) in [7, 11) is 0. The van der Waals surface area contributed by atoms with E-state index in [1.54, 1.807) is 24.3 Å². The Hall–Kier alpha value is -1.74. The van der Waals surface area contributed by atoms with Crippen LogP contribution in [0.3, 0.4) is 0 Å². The van der Waals surface area contributed by atoms with Crippen molar-refractivity contribution in [3.05, 3.63) is 71.3 Å². The topological polar surface area (TPSA) is 20.2 Å². The van der Waals surface area contributed by atoms with Gasteiger partial charge in [-0.05, 0) is 54.7 Å². The van der Waals surface area contributed by atoms with Gasteiger partial charge in [-0.1, -0.05) is 24.3 Å². The minimum Gasteiger partial charge on any atom is -0.393 e. The highest BCUT2D eigenvalue weighted by Gasteiger charge is 2.41. The summed E-state index contributed by atoms with van der Waals surface area (Å²) >= 11 is 0. The lowest BCUT2D eigenvalue weighted by Gasteiger charge is -2.30. The first-order valence-corrected chi connectivity index (χ1v) is 6.80. The second-order valence-electron chi connectivity index (χ2n) is 5.49. The van der Waals surface area contributed by atoms with Crippen LogP contribution in [0.2, 0.25) is 0 Å². The van der Waals surface area contributed by atoms with Crippen LogP contribution >= 0.6 is 0 Å². The van der Waals surface area contributed by atoms with Crippen LogP contribution in [-0.2, 0) is 5.41 Å². The second kappa shape index (κ2) is 4.98. The third-order valence-electron chi connectivity index (χ3n) is 4.28. The van der Waals surface area contributed by atoms with Gasteiger partial charge in [-0.25, -0.2) is 8.78 Å². The van der Waals surface area contributed by atoms with E-state index in [0.29, 0.717) is 12.8 Å². The van der Waals surface area contributed by atoms with Crippen LogP contribution in [0.1, 0.15) is 30.4 Å². The summed E-state index contributed by atoms with van der Waals surface area (Å²) in [5.41, 5.74) is 1.60. The largest absolute Gasteiger partial charge is 0.393 e. The molecule has 1 fully saturated rings. The molecule has 20 heavy (non-hydrogen) atoms. The van der Waals surface area contributed by atoms with Gasteiger partial charge in [0.25, 0.3) is 0 Å². The highest BCUT2D eigenvalue weighted by Crippen LogP contribution is 2.46. The molecule has 1 N–H and O–H groups in total. The minimum atomic E-state index is -0.370. The molecule has 0 saturated heterocycles. The average molecular weight is 274 g/mol. The SMILES string of the molecule is OC1CCC(c2ccc(F)cc2)(c2ccc(F)cc2)C1. The maximum absolute atomic E-state index is 13.1. The number of rotatable bonds is 2. The van der Waals surface area contributed by atoms with Crippen molar-refractivity contribution < 1.29 is 13.9 Å². The molecule has 1 unspecified atom stereocenters. The van der Waals surface area contributed by atoms with Crippen LogP contribution < -0.4 is 0 Å². The first kappa shape index (κ1) is 13.3. The fourth-order valence-corrected chi connectivity index (χ4v) is 3.25. The summed E-state index contributed by atoms with van der Waals surface area (Å²) in [4.78, 5) is 0. The molecular weight excluding hydrogens is 258 g/mol. The van der Waals surface area contributed by atoms with Gasteiger partial charge in [-0.2, -0.15) is 0 Å². The number of halogens is 2. The van der Waals surface area contributed by atoms with E-state index in [4.69, 9.17) is 0 Å². The lowest BCUT2D eigenvalue weighted by molar-refractivity contribution is 0.177. The average Bonchev–Trinajstić information content (AvgIpc) is 2.84. The van der Waals surface area contributed by atoms with Gasteiger partial charge >= 0.3 is 0 Å². The van der Waals surface area contributed by atoms with Gasteiger partial charge < -0.3 is 5.11 Å². The molecule has 1 nitrogen and oxygen atoms in total. The molecule has 0 spiro atoms. The van der Waals surface area contributed by atoms with Gasteiger partial charge in [0.15, 0.2) is 0 Å². The number of aliphatic hydroxyl groups excluding tert-OH is 1. The zero-order valence-electron chi connectivity index (χ0n) is 11.0. The van der Waals surface area contributed by atoms with Crippen molar-refractivity contribution in [2.75, 3.05) is 0 Å².